The van der Waals surface area contributed by atoms with E-state index in [4.69, 9.17) is 44.3 Å². The molecule has 0 radical (unpaired) electrons. The summed E-state index contributed by atoms with van der Waals surface area (Å²) in [7, 11) is 0. The first-order valence-corrected chi connectivity index (χ1v) is 13.8. The molecule has 0 spiro atoms. The van der Waals surface area contributed by atoms with Gasteiger partial charge in [-0.05, 0) is 45.1 Å². The lowest BCUT2D eigenvalue weighted by Gasteiger charge is -2.35. The molecule has 1 fully saturated rings. The van der Waals surface area contributed by atoms with Gasteiger partial charge in [0.05, 0.1) is 0 Å². The fourth-order valence-corrected chi connectivity index (χ4v) is 4.00. The summed E-state index contributed by atoms with van der Waals surface area (Å²) >= 11 is 17.0. The molecule has 39 heavy (non-hydrogen) atoms. The Morgan fingerprint density at radius 1 is 1.08 bits per heavy atom. The van der Waals surface area contributed by atoms with Crippen molar-refractivity contribution in [1.82, 2.24) is 21.1 Å². The second-order valence-electron chi connectivity index (χ2n) is 10.7. The van der Waals surface area contributed by atoms with Gasteiger partial charge >= 0.3 is 12.1 Å². The van der Waals surface area contributed by atoms with Gasteiger partial charge in [0.1, 0.15) is 30.3 Å². The van der Waals surface area contributed by atoms with Crippen LogP contribution >= 0.6 is 34.8 Å². The molecule has 1 unspecified atom stereocenters. The minimum atomic E-state index is -1.76. The van der Waals surface area contributed by atoms with Crippen molar-refractivity contribution in [3.05, 3.63) is 35.9 Å². The number of esters is 1. The molecule has 0 bridgehead atoms. The molecular weight excluding hydrogens is 571 g/mol. The molecular formula is C26H37Cl3N4O6. The lowest BCUT2D eigenvalue weighted by molar-refractivity contribution is -0.153. The van der Waals surface area contributed by atoms with Crippen LogP contribution in [0.15, 0.2) is 30.3 Å². The summed E-state index contributed by atoms with van der Waals surface area (Å²) in [5, 5.41) is 6.69. The molecule has 0 aromatic heterocycles. The van der Waals surface area contributed by atoms with Gasteiger partial charge in [-0.25, -0.2) is 10.2 Å². The third-order valence-electron chi connectivity index (χ3n) is 5.63. The zero-order chi connectivity index (χ0) is 29.4. The Bertz CT molecular complexity index is 998. The van der Waals surface area contributed by atoms with E-state index in [0.29, 0.717) is 19.4 Å². The Labute approximate surface area is 244 Å². The van der Waals surface area contributed by atoms with Gasteiger partial charge in [-0.15, -0.1) is 0 Å². The van der Waals surface area contributed by atoms with Gasteiger partial charge in [0, 0.05) is 13.0 Å². The Morgan fingerprint density at radius 2 is 1.72 bits per heavy atom. The Morgan fingerprint density at radius 3 is 2.28 bits per heavy atom. The highest BCUT2D eigenvalue weighted by Gasteiger charge is 2.36. The quantitative estimate of drug-likeness (QED) is 0.289. The first kappa shape index (κ1) is 32.9. The van der Waals surface area contributed by atoms with Gasteiger partial charge < -0.3 is 20.1 Å². The number of alkyl halides is 3. The number of hydrogen-bond donors (Lipinski definition) is 3. The number of alkyl carbamates (subject to hydrolysis) is 1. The standard InChI is InChI=1S/C26H37Cl3N4O6/c1-16(2)20(31-24(37)39-25(3,4)5)21(34)30-19(14-17-10-7-6-8-11-17)22(35)33-13-9-12-18(32-33)23(36)38-15-26(27,28)29/h6-8,10-11,16,18-20,32H,9,12-15H2,1-5H3,(H,30,34)(H,31,37)/t18-,19?,20-/m0/s1. The molecule has 10 nitrogen and oxygen atoms in total. The molecule has 2 rings (SSSR count). The zero-order valence-electron chi connectivity index (χ0n) is 22.8. The highest BCUT2D eigenvalue weighted by atomic mass is 35.6. The lowest BCUT2D eigenvalue weighted by atomic mass is 10.0. The first-order chi connectivity index (χ1) is 18.1. The van der Waals surface area contributed by atoms with E-state index in [2.05, 4.69) is 16.1 Å². The number of benzene rings is 1. The van der Waals surface area contributed by atoms with E-state index in [1.807, 2.05) is 30.3 Å². The fourth-order valence-electron chi connectivity index (χ4n) is 3.84. The van der Waals surface area contributed by atoms with E-state index >= 15 is 0 Å². The van der Waals surface area contributed by atoms with Crippen molar-refractivity contribution >= 4 is 58.7 Å². The highest BCUT2D eigenvalue weighted by molar-refractivity contribution is 6.67. The second kappa shape index (κ2) is 14.4. The SMILES string of the molecule is CC(C)[C@H](NC(=O)OC(C)(C)C)C(=O)NC(Cc1ccccc1)C(=O)N1CCC[C@@H](C(=O)OCC(Cl)(Cl)Cl)N1. The van der Waals surface area contributed by atoms with E-state index in [9.17, 15) is 19.2 Å². The maximum absolute atomic E-state index is 13.6. The van der Waals surface area contributed by atoms with E-state index in [1.54, 1.807) is 34.6 Å². The molecule has 1 aliphatic rings. The monoisotopic (exact) mass is 606 g/mol. The number of hydrazine groups is 1. The van der Waals surface area contributed by atoms with Crippen LogP contribution < -0.4 is 16.1 Å². The average Bonchev–Trinajstić information content (AvgIpc) is 2.84. The van der Waals surface area contributed by atoms with Gasteiger partial charge in [-0.1, -0.05) is 79.0 Å². The number of nitrogens with zero attached hydrogens (tertiary/aromatic N) is 1. The molecule has 218 valence electrons. The molecule has 1 heterocycles. The van der Waals surface area contributed by atoms with Crippen molar-refractivity contribution in [1.29, 1.82) is 0 Å². The smallest absolute Gasteiger partial charge is 0.408 e. The molecule has 13 heteroatoms. The molecule has 1 aliphatic heterocycles. The van der Waals surface area contributed by atoms with Crippen molar-refractivity contribution in [3.63, 3.8) is 0 Å². The fraction of sp³-hybridized carbons (Fsp3) is 0.615. The van der Waals surface area contributed by atoms with Crippen LogP contribution in [0.4, 0.5) is 4.79 Å². The number of carbonyl (C=O) groups excluding carboxylic acids is 4. The van der Waals surface area contributed by atoms with Crippen molar-refractivity contribution < 1.29 is 28.7 Å². The van der Waals surface area contributed by atoms with Crippen molar-refractivity contribution in [3.8, 4) is 0 Å². The molecule has 1 saturated heterocycles. The molecule has 3 amide bonds. The summed E-state index contributed by atoms with van der Waals surface area (Å²) < 4.78 is 8.61. The molecule has 3 N–H and O–H groups in total. The minimum absolute atomic E-state index is 0.184. The summed E-state index contributed by atoms with van der Waals surface area (Å²) in [4.78, 5) is 51.9. The highest BCUT2D eigenvalue weighted by Crippen LogP contribution is 2.26. The Balaban J connectivity index is 2.19. The van der Waals surface area contributed by atoms with Crippen LogP contribution in [0.5, 0.6) is 0 Å². The van der Waals surface area contributed by atoms with Gasteiger partial charge in [0.15, 0.2) is 0 Å². The van der Waals surface area contributed by atoms with Gasteiger partial charge in [-0.2, -0.15) is 0 Å². The number of carbonyl (C=O) groups is 4. The number of amides is 3. The number of hydrogen-bond acceptors (Lipinski definition) is 7. The predicted molar refractivity (Wildman–Crippen MR) is 149 cm³/mol. The van der Waals surface area contributed by atoms with Crippen LogP contribution in [-0.4, -0.2) is 69.6 Å². The van der Waals surface area contributed by atoms with E-state index in [1.165, 1.54) is 5.01 Å². The lowest BCUT2D eigenvalue weighted by Crippen LogP contribution is -2.62. The summed E-state index contributed by atoms with van der Waals surface area (Å²) in [6, 6.07) is 6.40. The average molecular weight is 608 g/mol. The zero-order valence-corrected chi connectivity index (χ0v) is 25.0. The van der Waals surface area contributed by atoms with Crippen LogP contribution in [0.1, 0.15) is 53.0 Å². The Hall–Kier alpha value is -2.27. The van der Waals surface area contributed by atoms with Crippen molar-refractivity contribution in [2.75, 3.05) is 13.2 Å². The summed E-state index contributed by atoms with van der Waals surface area (Å²) in [6.45, 7) is 8.58. The Kier molecular flexibility index (Phi) is 12.2. The van der Waals surface area contributed by atoms with Gasteiger partial charge in [-0.3, -0.25) is 19.4 Å². The van der Waals surface area contributed by atoms with Gasteiger partial charge in [0.25, 0.3) is 5.91 Å². The van der Waals surface area contributed by atoms with Crippen LogP contribution in [0.2, 0.25) is 0 Å². The maximum atomic E-state index is 13.6. The largest absolute Gasteiger partial charge is 0.460 e. The van der Waals surface area contributed by atoms with Crippen LogP contribution in [0.3, 0.4) is 0 Å². The normalized spacial score (nSPS) is 17.7. The number of nitrogens with one attached hydrogen (secondary N) is 3. The summed E-state index contributed by atoms with van der Waals surface area (Å²) in [6.07, 6.45) is 0.361. The molecule has 0 aliphatic carbocycles. The number of ether oxygens (including phenoxy) is 2. The van der Waals surface area contributed by atoms with Crippen LogP contribution in [0, 0.1) is 5.92 Å². The van der Waals surface area contributed by atoms with Crippen LogP contribution in [-0.2, 0) is 30.3 Å². The van der Waals surface area contributed by atoms with E-state index < -0.39 is 58.0 Å². The topological polar surface area (TPSA) is 126 Å². The van der Waals surface area contributed by atoms with Gasteiger partial charge in [0.2, 0.25) is 9.70 Å². The summed E-state index contributed by atoms with van der Waals surface area (Å²) in [5.74, 6) is -1.95. The van der Waals surface area contributed by atoms with Crippen molar-refractivity contribution in [2.45, 2.75) is 81.4 Å². The summed E-state index contributed by atoms with van der Waals surface area (Å²) in [5.41, 5.74) is 2.94. The molecule has 1 aromatic carbocycles. The molecule has 1 aromatic rings. The second-order valence-corrected chi connectivity index (χ2v) is 13.2. The third-order valence-corrected chi connectivity index (χ3v) is 5.96. The minimum Gasteiger partial charge on any atom is -0.460 e. The maximum Gasteiger partial charge on any atom is 0.408 e. The number of halogens is 3. The predicted octanol–water partition coefficient (Wildman–Crippen LogP) is 3.67. The first-order valence-electron chi connectivity index (χ1n) is 12.7. The molecule has 0 saturated carbocycles. The van der Waals surface area contributed by atoms with E-state index in [0.717, 1.165) is 5.56 Å². The van der Waals surface area contributed by atoms with Crippen molar-refractivity contribution in [2.24, 2.45) is 5.92 Å². The molecule has 3 atom stereocenters. The van der Waals surface area contributed by atoms with Crippen LogP contribution in [0.25, 0.3) is 0 Å². The third kappa shape index (κ3) is 11.8. The number of rotatable bonds is 9. The van der Waals surface area contributed by atoms with E-state index in [-0.39, 0.29) is 12.3 Å².